The molecule has 0 unspecified atom stereocenters. The lowest BCUT2D eigenvalue weighted by Crippen LogP contribution is -2.22. The molecule has 0 amide bonds. The Hall–Kier alpha value is -3.73. The number of fused-ring (bicyclic) bond motifs is 1. The Labute approximate surface area is 154 Å². The van der Waals surface area contributed by atoms with E-state index in [2.05, 4.69) is 4.98 Å². The van der Waals surface area contributed by atoms with Gasteiger partial charge in [0.2, 0.25) is 0 Å². The molecule has 0 aliphatic carbocycles. The second kappa shape index (κ2) is 6.88. The molecule has 0 atom stereocenters. The third kappa shape index (κ3) is 3.35. The van der Waals surface area contributed by atoms with E-state index in [0.29, 0.717) is 22.4 Å². The zero-order valence-corrected chi connectivity index (χ0v) is 14.2. The highest BCUT2D eigenvalue weighted by atomic mass is 19.1. The van der Waals surface area contributed by atoms with Crippen LogP contribution in [0.4, 0.5) is 4.39 Å². The first-order chi connectivity index (χ1) is 13.1. The van der Waals surface area contributed by atoms with Gasteiger partial charge in [-0.05, 0) is 60.2 Å². The Bertz CT molecular complexity index is 1190. The zero-order valence-electron chi connectivity index (χ0n) is 14.2. The average molecular weight is 358 g/mol. The maximum absolute atomic E-state index is 13.1. The minimum atomic E-state index is -0.308. The lowest BCUT2D eigenvalue weighted by molar-refractivity contribution is 0.475. The normalized spacial score (nSPS) is 11.3. The highest BCUT2D eigenvalue weighted by Gasteiger charge is 2.11. The number of hydrogen-bond acceptors (Lipinski definition) is 3. The molecule has 5 heteroatoms. The van der Waals surface area contributed by atoms with Crippen molar-refractivity contribution < 1.29 is 9.50 Å². The smallest absolute Gasteiger partial charge is 0.266 e. The summed E-state index contributed by atoms with van der Waals surface area (Å²) < 4.78 is 14.6. The van der Waals surface area contributed by atoms with E-state index >= 15 is 0 Å². The lowest BCUT2D eigenvalue weighted by Gasteiger charge is -2.11. The van der Waals surface area contributed by atoms with Crippen LogP contribution in [0.5, 0.6) is 5.75 Å². The van der Waals surface area contributed by atoms with Crippen molar-refractivity contribution in [3.05, 3.63) is 100 Å². The summed E-state index contributed by atoms with van der Waals surface area (Å²) >= 11 is 0. The summed E-state index contributed by atoms with van der Waals surface area (Å²) in [5, 5.41) is 10.0. The predicted octanol–water partition coefficient (Wildman–Crippen LogP) is 4.40. The van der Waals surface area contributed by atoms with Gasteiger partial charge < -0.3 is 5.11 Å². The Balaban J connectivity index is 1.92. The Kier molecular flexibility index (Phi) is 4.26. The predicted molar refractivity (Wildman–Crippen MR) is 104 cm³/mol. The number of aromatic hydroxyl groups is 1. The number of nitrogens with zero attached hydrogens (tertiary/aromatic N) is 2. The van der Waals surface area contributed by atoms with Gasteiger partial charge in [-0.2, -0.15) is 0 Å². The van der Waals surface area contributed by atoms with Gasteiger partial charge in [0.15, 0.2) is 0 Å². The molecule has 1 N–H and O–H groups in total. The van der Waals surface area contributed by atoms with E-state index in [1.54, 1.807) is 54.6 Å². The van der Waals surface area contributed by atoms with Gasteiger partial charge in [-0.3, -0.25) is 9.36 Å². The van der Waals surface area contributed by atoms with Gasteiger partial charge in [-0.25, -0.2) is 9.37 Å². The number of rotatable bonds is 3. The first kappa shape index (κ1) is 16.7. The standard InChI is InChI=1S/C22H15FN2O2/c23-16-8-5-15(6-9-16)7-14-21-24-20-4-2-1-3-19(20)22(27)25(21)17-10-12-18(26)13-11-17/h1-14,26H. The Morgan fingerprint density at radius 2 is 1.59 bits per heavy atom. The van der Waals surface area contributed by atoms with Crippen molar-refractivity contribution in [1.29, 1.82) is 0 Å². The van der Waals surface area contributed by atoms with Crippen LogP contribution in [0.3, 0.4) is 0 Å². The first-order valence-corrected chi connectivity index (χ1v) is 8.37. The van der Waals surface area contributed by atoms with Crippen LogP contribution >= 0.6 is 0 Å². The number of para-hydroxylation sites is 1. The van der Waals surface area contributed by atoms with Crippen molar-refractivity contribution in [3.63, 3.8) is 0 Å². The van der Waals surface area contributed by atoms with Crippen LogP contribution in [0.15, 0.2) is 77.6 Å². The van der Waals surface area contributed by atoms with Gasteiger partial charge in [0.1, 0.15) is 17.4 Å². The van der Waals surface area contributed by atoms with E-state index in [4.69, 9.17) is 0 Å². The van der Waals surface area contributed by atoms with Gasteiger partial charge in [0, 0.05) is 0 Å². The Morgan fingerprint density at radius 1 is 0.889 bits per heavy atom. The summed E-state index contributed by atoms with van der Waals surface area (Å²) in [6.45, 7) is 0. The third-order valence-electron chi connectivity index (χ3n) is 4.20. The molecule has 0 spiro atoms. The molecular weight excluding hydrogens is 343 g/mol. The zero-order chi connectivity index (χ0) is 18.8. The van der Waals surface area contributed by atoms with Crippen LogP contribution in [0.25, 0.3) is 28.7 Å². The molecule has 3 aromatic carbocycles. The lowest BCUT2D eigenvalue weighted by atomic mass is 10.2. The maximum Gasteiger partial charge on any atom is 0.266 e. The van der Waals surface area contributed by atoms with Crippen molar-refractivity contribution in [3.8, 4) is 11.4 Å². The molecule has 0 aliphatic heterocycles. The summed E-state index contributed by atoms with van der Waals surface area (Å²) in [6.07, 6.45) is 3.49. The number of halogens is 1. The van der Waals surface area contributed by atoms with Crippen LogP contribution in [0.2, 0.25) is 0 Å². The van der Waals surface area contributed by atoms with E-state index in [9.17, 15) is 14.3 Å². The van der Waals surface area contributed by atoms with Crippen LogP contribution in [-0.2, 0) is 0 Å². The van der Waals surface area contributed by atoms with Crippen molar-refractivity contribution in [1.82, 2.24) is 9.55 Å². The third-order valence-corrected chi connectivity index (χ3v) is 4.20. The summed E-state index contributed by atoms with van der Waals surface area (Å²) in [7, 11) is 0. The molecule has 0 aliphatic rings. The van der Waals surface area contributed by atoms with Crippen molar-refractivity contribution in [2.75, 3.05) is 0 Å². The molecule has 0 saturated carbocycles. The Morgan fingerprint density at radius 3 is 2.33 bits per heavy atom. The van der Waals surface area contributed by atoms with Crippen LogP contribution in [0, 0.1) is 5.82 Å². The number of hydrogen-bond donors (Lipinski definition) is 1. The highest BCUT2D eigenvalue weighted by Crippen LogP contribution is 2.17. The monoisotopic (exact) mass is 358 g/mol. The minimum absolute atomic E-state index is 0.115. The molecule has 0 radical (unpaired) electrons. The molecule has 0 bridgehead atoms. The number of phenolic OH excluding ortho intramolecular Hbond substituents is 1. The molecule has 0 fully saturated rings. The van der Waals surface area contributed by atoms with Gasteiger partial charge in [0.05, 0.1) is 16.6 Å². The SMILES string of the molecule is O=c1c2ccccc2nc(C=Cc2ccc(F)cc2)n1-c1ccc(O)cc1. The largest absolute Gasteiger partial charge is 0.508 e. The molecule has 4 aromatic rings. The van der Waals surface area contributed by atoms with Gasteiger partial charge in [0.25, 0.3) is 5.56 Å². The van der Waals surface area contributed by atoms with Crippen LogP contribution in [-0.4, -0.2) is 14.7 Å². The fourth-order valence-electron chi connectivity index (χ4n) is 2.86. The van der Waals surface area contributed by atoms with Crippen molar-refractivity contribution in [2.45, 2.75) is 0 Å². The topological polar surface area (TPSA) is 55.1 Å². The summed E-state index contributed by atoms with van der Waals surface area (Å²) in [5.41, 5.74) is 1.77. The number of phenols is 1. The van der Waals surface area contributed by atoms with E-state index in [0.717, 1.165) is 5.56 Å². The quantitative estimate of drug-likeness (QED) is 0.590. The van der Waals surface area contributed by atoms with Crippen LogP contribution < -0.4 is 5.56 Å². The van der Waals surface area contributed by atoms with E-state index in [1.165, 1.54) is 28.8 Å². The maximum atomic E-state index is 13.1. The molecule has 27 heavy (non-hydrogen) atoms. The van der Waals surface area contributed by atoms with E-state index in [1.807, 2.05) is 6.07 Å². The number of benzene rings is 3. The fraction of sp³-hybridized carbons (Fsp3) is 0. The fourth-order valence-corrected chi connectivity index (χ4v) is 2.86. The molecular formula is C22H15FN2O2. The van der Waals surface area contributed by atoms with Crippen LogP contribution in [0.1, 0.15) is 11.4 Å². The molecule has 4 rings (SSSR count). The second-order valence-electron chi connectivity index (χ2n) is 6.03. The van der Waals surface area contributed by atoms with Gasteiger partial charge in [-0.15, -0.1) is 0 Å². The minimum Gasteiger partial charge on any atom is -0.508 e. The molecule has 1 aromatic heterocycles. The van der Waals surface area contributed by atoms with Crippen molar-refractivity contribution >= 4 is 23.1 Å². The number of aromatic nitrogens is 2. The van der Waals surface area contributed by atoms with Gasteiger partial charge >= 0.3 is 0 Å². The average Bonchev–Trinajstić information content (AvgIpc) is 2.69. The van der Waals surface area contributed by atoms with E-state index < -0.39 is 0 Å². The summed E-state index contributed by atoms with van der Waals surface area (Å²) in [4.78, 5) is 17.7. The first-order valence-electron chi connectivity index (χ1n) is 8.37. The second-order valence-corrected chi connectivity index (χ2v) is 6.03. The van der Waals surface area contributed by atoms with E-state index in [-0.39, 0.29) is 17.1 Å². The highest BCUT2D eigenvalue weighted by molar-refractivity contribution is 5.80. The molecule has 0 saturated heterocycles. The van der Waals surface area contributed by atoms with Crippen molar-refractivity contribution in [2.24, 2.45) is 0 Å². The molecule has 1 heterocycles. The summed E-state index contributed by atoms with van der Waals surface area (Å²) in [6, 6.07) is 19.5. The molecule has 132 valence electrons. The molecule has 4 nitrogen and oxygen atoms in total. The van der Waals surface area contributed by atoms with Gasteiger partial charge in [-0.1, -0.05) is 30.3 Å². The summed E-state index contributed by atoms with van der Waals surface area (Å²) in [5.74, 6) is 0.245.